The fraction of sp³-hybridized carbons (Fsp3) is 0.231. The molecular formula is C13H14ClNS. The zero-order valence-corrected chi connectivity index (χ0v) is 10.9. The van der Waals surface area contributed by atoms with E-state index in [0.29, 0.717) is 0 Å². The molecule has 2 aromatic rings. The number of hydrogen-bond donors (Lipinski definition) is 1. The largest absolute Gasteiger partial charge is 0.324 e. The van der Waals surface area contributed by atoms with Crippen LogP contribution in [0, 0.1) is 6.92 Å². The molecule has 0 saturated heterocycles. The zero-order valence-electron chi connectivity index (χ0n) is 9.33. The van der Waals surface area contributed by atoms with Crippen LogP contribution in [0.3, 0.4) is 0 Å². The molecule has 2 rings (SSSR count). The standard InChI is InChI=1S/C13H14ClNS/c1-8-3-4-10(7-11(8)14)13-6-5-12(16-13)9(2)15/h3-7,9H,15H2,1-2H3. The first-order chi connectivity index (χ1) is 7.58. The highest BCUT2D eigenvalue weighted by Crippen LogP contribution is 2.32. The maximum atomic E-state index is 6.11. The van der Waals surface area contributed by atoms with Crippen LogP contribution in [0.1, 0.15) is 23.4 Å². The molecule has 0 radical (unpaired) electrons. The minimum absolute atomic E-state index is 0.0969. The molecule has 1 heterocycles. The number of hydrogen-bond acceptors (Lipinski definition) is 2. The van der Waals surface area contributed by atoms with Gasteiger partial charge >= 0.3 is 0 Å². The molecule has 3 heteroatoms. The predicted octanol–water partition coefficient (Wildman–Crippen LogP) is 4.40. The summed E-state index contributed by atoms with van der Waals surface area (Å²) in [6, 6.07) is 10.4. The lowest BCUT2D eigenvalue weighted by atomic mass is 10.1. The summed E-state index contributed by atoms with van der Waals surface area (Å²) < 4.78 is 0. The van der Waals surface area contributed by atoms with Crippen molar-refractivity contribution in [2.24, 2.45) is 5.73 Å². The molecule has 1 nitrogen and oxygen atoms in total. The number of rotatable bonds is 2. The van der Waals surface area contributed by atoms with E-state index < -0.39 is 0 Å². The van der Waals surface area contributed by atoms with Gasteiger partial charge in [0.15, 0.2) is 0 Å². The monoisotopic (exact) mass is 251 g/mol. The molecule has 0 fully saturated rings. The highest BCUT2D eigenvalue weighted by molar-refractivity contribution is 7.15. The van der Waals surface area contributed by atoms with Crippen LogP contribution in [0.15, 0.2) is 30.3 Å². The van der Waals surface area contributed by atoms with Crippen molar-refractivity contribution in [2.75, 3.05) is 0 Å². The molecule has 1 atom stereocenters. The summed E-state index contributed by atoms with van der Waals surface area (Å²) >= 11 is 7.84. The van der Waals surface area contributed by atoms with Crippen LogP contribution >= 0.6 is 22.9 Å². The van der Waals surface area contributed by atoms with Crippen LogP contribution < -0.4 is 5.73 Å². The van der Waals surface area contributed by atoms with E-state index in [4.69, 9.17) is 17.3 Å². The van der Waals surface area contributed by atoms with Crippen molar-refractivity contribution in [1.82, 2.24) is 0 Å². The molecule has 0 aliphatic heterocycles. The minimum Gasteiger partial charge on any atom is -0.324 e. The van der Waals surface area contributed by atoms with Gasteiger partial charge in [-0.15, -0.1) is 11.3 Å². The van der Waals surface area contributed by atoms with Crippen molar-refractivity contribution in [3.05, 3.63) is 45.8 Å². The summed E-state index contributed by atoms with van der Waals surface area (Å²) in [7, 11) is 0. The van der Waals surface area contributed by atoms with E-state index >= 15 is 0 Å². The van der Waals surface area contributed by atoms with Gasteiger partial charge in [-0.05, 0) is 43.2 Å². The molecule has 1 aromatic carbocycles. The molecule has 0 bridgehead atoms. The molecule has 2 N–H and O–H groups in total. The highest BCUT2D eigenvalue weighted by atomic mass is 35.5. The Hall–Kier alpha value is -0.830. The lowest BCUT2D eigenvalue weighted by molar-refractivity contribution is 0.838. The van der Waals surface area contributed by atoms with Crippen LogP contribution in [0.4, 0.5) is 0 Å². The van der Waals surface area contributed by atoms with Gasteiger partial charge in [-0.3, -0.25) is 0 Å². The number of halogens is 1. The lowest BCUT2D eigenvalue weighted by Crippen LogP contribution is -2.01. The molecule has 0 aliphatic rings. The van der Waals surface area contributed by atoms with Crippen molar-refractivity contribution in [2.45, 2.75) is 19.9 Å². The second-order valence-electron chi connectivity index (χ2n) is 3.95. The predicted molar refractivity (Wildman–Crippen MR) is 72.1 cm³/mol. The Morgan fingerprint density at radius 1 is 1.25 bits per heavy atom. The third-order valence-corrected chi connectivity index (χ3v) is 4.27. The average molecular weight is 252 g/mol. The number of benzene rings is 1. The Morgan fingerprint density at radius 2 is 2.00 bits per heavy atom. The van der Waals surface area contributed by atoms with E-state index in [2.05, 4.69) is 18.2 Å². The van der Waals surface area contributed by atoms with Gasteiger partial charge in [0.05, 0.1) is 0 Å². The second kappa shape index (κ2) is 4.58. The normalized spacial score (nSPS) is 12.8. The fourth-order valence-electron chi connectivity index (χ4n) is 1.50. The van der Waals surface area contributed by atoms with Crippen molar-refractivity contribution in [1.29, 1.82) is 0 Å². The third-order valence-electron chi connectivity index (χ3n) is 2.53. The number of thiophene rings is 1. The van der Waals surface area contributed by atoms with Gasteiger partial charge in [-0.25, -0.2) is 0 Å². The zero-order chi connectivity index (χ0) is 11.7. The Labute approximate surface area is 105 Å². The Balaban J connectivity index is 2.39. The van der Waals surface area contributed by atoms with Gasteiger partial charge in [-0.2, -0.15) is 0 Å². The van der Waals surface area contributed by atoms with E-state index in [1.165, 1.54) is 9.75 Å². The van der Waals surface area contributed by atoms with Crippen LogP contribution in [0.2, 0.25) is 5.02 Å². The van der Waals surface area contributed by atoms with Crippen molar-refractivity contribution < 1.29 is 0 Å². The van der Waals surface area contributed by atoms with Crippen LogP contribution in [-0.4, -0.2) is 0 Å². The van der Waals surface area contributed by atoms with Crippen LogP contribution in [0.25, 0.3) is 10.4 Å². The first kappa shape index (κ1) is 11.6. The molecule has 84 valence electrons. The third kappa shape index (κ3) is 2.29. The van der Waals surface area contributed by atoms with Gasteiger partial charge in [0.25, 0.3) is 0 Å². The maximum absolute atomic E-state index is 6.11. The summed E-state index contributed by atoms with van der Waals surface area (Å²) in [5, 5.41) is 0.813. The Kier molecular flexibility index (Phi) is 3.33. The molecular weight excluding hydrogens is 238 g/mol. The molecule has 0 spiro atoms. The Morgan fingerprint density at radius 3 is 2.56 bits per heavy atom. The van der Waals surface area contributed by atoms with Gasteiger partial charge < -0.3 is 5.73 Å². The molecule has 1 aromatic heterocycles. The lowest BCUT2D eigenvalue weighted by Gasteiger charge is -2.02. The first-order valence-electron chi connectivity index (χ1n) is 5.20. The summed E-state index contributed by atoms with van der Waals surface area (Å²) in [5.74, 6) is 0. The topological polar surface area (TPSA) is 26.0 Å². The summed E-state index contributed by atoms with van der Waals surface area (Å²) in [5.41, 5.74) is 8.11. The molecule has 0 amide bonds. The number of nitrogens with two attached hydrogens (primary N) is 1. The van der Waals surface area contributed by atoms with Gasteiger partial charge in [0, 0.05) is 20.8 Å². The summed E-state index contributed by atoms with van der Waals surface area (Å²) in [6.45, 7) is 4.01. The first-order valence-corrected chi connectivity index (χ1v) is 6.39. The van der Waals surface area contributed by atoms with Crippen molar-refractivity contribution in [3.63, 3.8) is 0 Å². The van der Waals surface area contributed by atoms with E-state index in [1.807, 2.05) is 26.0 Å². The maximum Gasteiger partial charge on any atom is 0.0441 e. The van der Waals surface area contributed by atoms with Crippen molar-refractivity contribution in [3.8, 4) is 10.4 Å². The van der Waals surface area contributed by atoms with Crippen LogP contribution in [0.5, 0.6) is 0 Å². The van der Waals surface area contributed by atoms with Gasteiger partial charge in [0.2, 0.25) is 0 Å². The Bertz CT molecular complexity index is 502. The van der Waals surface area contributed by atoms with Gasteiger partial charge in [0.1, 0.15) is 0 Å². The van der Waals surface area contributed by atoms with Crippen LogP contribution in [-0.2, 0) is 0 Å². The summed E-state index contributed by atoms with van der Waals surface area (Å²) in [4.78, 5) is 2.42. The minimum atomic E-state index is 0.0969. The van der Waals surface area contributed by atoms with E-state index in [9.17, 15) is 0 Å². The second-order valence-corrected chi connectivity index (χ2v) is 5.48. The smallest absolute Gasteiger partial charge is 0.0441 e. The molecule has 16 heavy (non-hydrogen) atoms. The number of aryl methyl sites for hydroxylation is 1. The fourth-order valence-corrected chi connectivity index (χ4v) is 2.64. The quantitative estimate of drug-likeness (QED) is 0.841. The van der Waals surface area contributed by atoms with Gasteiger partial charge in [-0.1, -0.05) is 23.7 Å². The SMILES string of the molecule is Cc1ccc(-c2ccc(C(C)N)s2)cc1Cl. The van der Waals surface area contributed by atoms with E-state index in [-0.39, 0.29) is 6.04 Å². The van der Waals surface area contributed by atoms with E-state index in [1.54, 1.807) is 11.3 Å². The molecule has 0 saturated carbocycles. The highest BCUT2D eigenvalue weighted by Gasteiger charge is 2.07. The molecule has 1 unspecified atom stereocenters. The molecule has 0 aliphatic carbocycles. The van der Waals surface area contributed by atoms with E-state index in [0.717, 1.165) is 16.1 Å². The summed E-state index contributed by atoms with van der Waals surface area (Å²) in [6.07, 6.45) is 0. The average Bonchev–Trinajstić information content (AvgIpc) is 2.71. The van der Waals surface area contributed by atoms with Crippen molar-refractivity contribution >= 4 is 22.9 Å².